The zero-order valence-electron chi connectivity index (χ0n) is 8.53. The summed E-state index contributed by atoms with van der Waals surface area (Å²) < 4.78 is 5.45. The number of thiophene rings is 1. The van der Waals surface area contributed by atoms with Gasteiger partial charge in [-0.15, -0.1) is 11.3 Å². The van der Waals surface area contributed by atoms with Crippen LogP contribution in [-0.2, 0) is 4.74 Å². The van der Waals surface area contributed by atoms with Crippen molar-refractivity contribution in [3.05, 3.63) is 21.9 Å². The molecule has 0 radical (unpaired) electrons. The molecular formula is C11H17NOS. The van der Waals surface area contributed by atoms with E-state index in [0.29, 0.717) is 5.92 Å². The molecule has 0 bridgehead atoms. The fourth-order valence-corrected chi connectivity index (χ4v) is 2.71. The fourth-order valence-electron chi connectivity index (χ4n) is 1.96. The normalized spacial score (nSPS) is 24.9. The Kier molecular flexibility index (Phi) is 3.21. The lowest BCUT2D eigenvalue weighted by molar-refractivity contribution is 0.0448. The van der Waals surface area contributed by atoms with Crippen LogP contribution in [0.3, 0.4) is 0 Å². The van der Waals surface area contributed by atoms with Crippen LogP contribution in [0.25, 0.3) is 0 Å². The van der Waals surface area contributed by atoms with Gasteiger partial charge < -0.3 is 10.5 Å². The minimum Gasteiger partial charge on any atom is -0.381 e. The number of aryl methyl sites for hydroxylation is 1. The maximum atomic E-state index is 6.21. The molecule has 14 heavy (non-hydrogen) atoms. The Hall–Kier alpha value is -0.380. The van der Waals surface area contributed by atoms with Crippen molar-refractivity contribution >= 4 is 11.3 Å². The molecule has 2 unspecified atom stereocenters. The van der Waals surface area contributed by atoms with Crippen LogP contribution in [-0.4, -0.2) is 13.2 Å². The van der Waals surface area contributed by atoms with Gasteiger partial charge in [0, 0.05) is 23.4 Å². The molecular weight excluding hydrogens is 194 g/mol. The van der Waals surface area contributed by atoms with Crippen LogP contribution in [0, 0.1) is 12.8 Å². The minimum absolute atomic E-state index is 0.167. The minimum atomic E-state index is 0.167. The summed E-state index contributed by atoms with van der Waals surface area (Å²) in [5.41, 5.74) is 7.49. The standard InChI is InChI=1S/C11H17NOS/c1-8-5-10(7-14-8)11(12)9-3-2-4-13-6-9/h5,7,9,11H,2-4,6,12H2,1H3. The molecule has 0 amide bonds. The van der Waals surface area contributed by atoms with Crippen LogP contribution in [0.15, 0.2) is 11.4 Å². The molecule has 2 N–H and O–H groups in total. The van der Waals surface area contributed by atoms with Gasteiger partial charge in [-0.25, -0.2) is 0 Å². The van der Waals surface area contributed by atoms with Gasteiger partial charge in [-0.05, 0) is 36.8 Å². The van der Waals surface area contributed by atoms with Crippen LogP contribution in [0.4, 0.5) is 0 Å². The SMILES string of the molecule is Cc1cc(C(N)C2CCCOC2)cs1. The smallest absolute Gasteiger partial charge is 0.0512 e. The van der Waals surface area contributed by atoms with Crippen molar-refractivity contribution in [1.82, 2.24) is 0 Å². The molecule has 2 atom stereocenters. The highest BCUT2D eigenvalue weighted by Crippen LogP contribution is 2.29. The highest BCUT2D eigenvalue weighted by molar-refractivity contribution is 7.10. The quantitative estimate of drug-likeness (QED) is 0.815. The highest BCUT2D eigenvalue weighted by Gasteiger charge is 2.22. The van der Waals surface area contributed by atoms with E-state index in [0.717, 1.165) is 19.6 Å². The van der Waals surface area contributed by atoms with E-state index in [1.54, 1.807) is 11.3 Å². The van der Waals surface area contributed by atoms with Crippen LogP contribution in [0.2, 0.25) is 0 Å². The molecule has 1 aliphatic rings. The van der Waals surface area contributed by atoms with Crippen molar-refractivity contribution in [2.75, 3.05) is 13.2 Å². The van der Waals surface area contributed by atoms with Gasteiger partial charge in [0.05, 0.1) is 6.61 Å². The van der Waals surface area contributed by atoms with Crippen molar-refractivity contribution < 1.29 is 4.74 Å². The van der Waals surface area contributed by atoms with Crippen molar-refractivity contribution in [2.45, 2.75) is 25.8 Å². The number of nitrogens with two attached hydrogens (primary N) is 1. The largest absolute Gasteiger partial charge is 0.381 e. The van der Waals surface area contributed by atoms with E-state index in [1.807, 2.05) is 0 Å². The monoisotopic (exact) mass is 211 g/mol. The van der Waals surface area contributed by atoms with Gasteiger partial charge in [0.1, 0.15) is 0 Å². The van der Waals surface area contributed by atoms with Gasteiger partial charge >= 0.3 is 0 Å². The first-order valence-electron chi connectivity index (χ1n) is 5.16. The van der Waals surface area contributed by atoms with Gasteiger partial charge in [-0.1, -0.05) is 0 Å². The summed E-state index contributed by atoms with van der Waals surface area (Å²) in [4.78, 5) is 1.34. The number of hydrogen-bond donors (Lipinski definition) is 1. The Bertz CT molecular complexity index is 291. The van der Waals surface area contributed by atoms with Crippen molar-refractivity contribution in [3.8, 4) is 0 Å². The van der Waals surface area contributed by atoms with Gasteiger partial charge in [-0.3, -0.25) is 0 Å². The summed E-state index contributed by atoms with van der Waals surface area (Å²) in [6.45, 7) is 3.86. The van der Waals surface area contributed by atoms with E-state index in [9.17, 15) is 0 Å². The van der Waals surface area contributed by atoms with Crippen LogP contribution in [0.1, 0.15) is 29.3 Å². The Morgan fingerprint density at radius 2 is 2.50 bits per heavy atom. The van der Waals surface area contributed by atoms with Crippen LogP contribution in [0.5, 0.6) is 0 Å². The molecule has 1 fully saturated rings. The maximum absolute atomic E-state index is 6.21. The van der Waals surface area contributed by atoms with E-state index in [1.165, 1.54) is 16.9 Å². The first-order chi connectivity index (χ1) is 6.77. The summed E-state index contributed by atoms with van der Waals surface area (Å²) >= 11 is 1.78. The molecule has 3 heteroatoms. The molecule has 2 heterocycles. The zero-order valence-corrected chi connectivity index (χ0v) is 9.35. The average Bonchev–Trinajstić information content (AvgIpc) is 2.65. The Morgan fingerprint density at radius 3 is 3.07 bits per heavy atom. The number of hydrogen-bond acceptors (Lipinski definition) is 3. The summed E-state index contributed by atoms with van der Waals surface area (Å²) in [5, 5.41) is 2.18. The van der Waals surface area contributed by atoms with Crippen molar-refractivity contribution in [3.63, 3.8) is 0 Å². The molecule has 0 saturated carbocycles. The third-order valence-electron chi connectivity index (χ3n) is 2.84. The second kappa shape index (κ2) is 4.43. The molecule has 78 valence electrons. The molecule has 2 nitrogen and oxygen atoms in total. The van der Waals surface area contributed by atoms with Gasteiger partial charge in [0.15, 0.2) is 0 Å². The van der Waals surface area contributed by atoms with E-state index < -0.39 is 0 Å². The summed E-state index contributed by atoms with van der Waals surface area (Å²) in [6, 6.07) is 2.37. The van der Waals surface area contributed by atoms with E-state index in [2.05, 4.69) is 18.4 Å². The van der Waals surface area contributed by atoms with E-state index >= 15 is 0 Å². The summed E-state index contributed by atoms with van der Waals surface area (Å²) in [6.07, 6.45) is 2.36. The summed E-state index contributed by atoms with van der Waals surface area (Å²) in [7, 11) is 0. The molecule has 1 aromatic rings. The second-order valence-corrected chi connectivity index (χ2v) is 5.11. The Balaban J connectivity index is 2.03. The second-order valence-electron chi connectivity index (χ2n) is 3.99. The first kappa shape index (κ1) is 10.1. The lowest BCUT2D eigenvalue weighted by Crippen LogP contribution is -2.28. The molecule has 1 aromatic heterocycles. The van der Waals surface area contributed by atoms with Crippen molar-refractivity contribution in [1.29, 1.82) is 0 Å². The van der Waals surface area contributed by atoms with Crippen LogP contribution < -0.4 is 5.73 Å². The van der Waals surface area contributed by atoms with Crippen LogP contribution >= 0.6 is 11.3 Å². The molecule has 0 aromatic carbocycles. The lowest BCUT2D eigenvalue weighted by Gasteiger charge is -2.27. The van der Waals surface area contributed by atoms with Gasteiger partial charge in [-0.2, -0.15) is 0 Å². The Morgan fingerprint density at radius 1 is 1.64 bits per heavy atom. The number of ether oxygens (including phenoxy) is 1. The molecule has 1 saturated heterocycles. The molecule has 0 aliphatic carbocycles. The van der Waals surface area contributed by atoms with E-state index in [-0.39, 0.29) is 6.04 Å². The third-order valence-corrected chi connectivity index (χ3v) is 3.72. The fraction of sp³-hybridized carbons (Fsp3) is 0.636. The average molecular weight is 211 g/mol. The predicted molar refractivity (Wildman–Crippen MR) is 59.5 cm³/mol. The molecule has 0 spiro atoms. The Labute approximate surface area is 89.1 Å². The maximum Gasteiger partial charge on any atom is 0.0512 e. The summed E-state index contributed by atoms with van der Waals surface area (Å²) in [5.74, 6) is 0.512. The van der Waals surface area contributed by atoms with E-state index in [4.69, 9.17) is 10.5 Å². The topological polar surface area (TPSA) is 35.2 Å². The van der Waals surface area contributed by atoms with Gasteiger partial charge in [0.25, 0.3) is 0 Å². The molecule has 2 rings (SSSR count). The van der Waals surface area contributed by atoms with Gasteiger partial charge in [0.2, 0.25) is 0 Å². The molecule has 1 aliphatic heterocycles. The third kappa shape index (κ3) is 2.16. The van der Waals surface area contributed by atoms with Crippen molar-refractivity contribution in [2.24, 2.45) is 11.7 Å². The highest BCUT2D eigenvalue weighted by atomic mass is 32.1. The number of rotatable bonds is 2. The first-order valence-corrected chi connectivity index (χ1v) is 6.03. The predicted octanol–water partition coefficient (Wildman–Crippen LogP) is 2.48. The lowest BCUT2D eigenvalue weighted by atomic mass is 9.91. The zero-order chi connectivity index (χ0) is 9.97.